The summed E-state index contributed by atoms with van der Waals surface area (Å²) >= 11 is 0. The van der Waals surface area contributed by atoms with E-state index in [4.69, 9.17) is 4.74 Å². The number of ether oxygens (including phenoxy) is 1. The molecule has 2 rings (SSSR count). The van der Waals surface area contributed by atoms with Crippen LogP contribution in [-0.2, 0) is 6.54 Å². The highest BCUT2D eigenvalue weighted by atomic mass is 16.5. The maximum Gasteiger partial charge on any atom is 0.272 e. The molecule has 1 N–H and O–H groups in total. The van der Waals surface area contributed by atoms with E-state index in [1.54, 1.807) is 10.7 Å². The van der Waals surface area contributed by atoms with Gasteiger partial charge >= 0.3 is 0 Å². The molecule has 5 nitrogen and oxygen atoms in total. The van der Waals surface area contributed by atoms with Gasteiger partial charge in [0.2, 0.25) is 5.88 Å². The molecule has 88 valence electrons. The second-order valence-electron chi connectivity index (χ2n) is 4.10. The van der Waals surface area contributed by atoms with Gasteiger partial charge in [-0.15, -0.1) is 0 Å². The van der Waals surface area contributed by atoms with Crippen molar-refractivity contribution >= 4 is 5.91 Å². The van der Waals surface area contributed by atoms with E-state index in [1.165, 1.54) is 0 Å². The van der Waals surface area contributed by atoms with Crippen LogP contribution in [0, 0.1) is 0 Å². The lowest BCUT2D eigenvalue weighted by molar-refractivity contribution is 0.0932. The summed E-state index contributed by atoms with van der Waals surface area (Å²) in [6.45, 7) is 5.48. The number of hydrogen-bond acceptors (Lipinski definition) is 3. The zero-order valence-electron chi connectivity index (χ0n) is 9.69. The first-order chi connectivity index (χ1) is 7.70. The van der Waals surface area contributed by atoms with Crippen molar-refractivity contribution in [2.24, 2.45) is 0 Å². The number of nitrogens with one attached hydrogen (secondary N) is 1. The van der Waals surface area contributed by atoms with E-state index in [9.17, 15) is 4.79 Å². The molecule has 2 heterocycles. The second-order valence-corrected chi connectivity index (χ2v) is 4.10. The molecule has 0 aliphatic carbocycles. The highest BCUT2D eigenvalue weighted by molar-refractivity contribution is 5.92. The lowest BCUT2D eigenvalue weighted by Gasteiger charge is -2.10. The fourth-order valence-electron chi connectivity index (χ4n) is 1.83. The normalized spacial score (nSPS) is 15.4. The average Bonchev–Trinajstić information content (AvgIpc) is 2.76. The monoisotopic (exact) mass is 223 g/mol. The van der Waals surface area contributed by atoms with Crippen molar-refractivity contribution in [3.63, 3.8) is 0 Å². The Hall–Kier alpha value is -1.52. The van der Waals surface area contributed by atoms with Gasteiger partial charge in [-0.1, -0.05) is 13.3 Å². The van der Waals surface area contributed by atoms with Crippen LogP contribution in [0.3, 0.4) is 0 Å². The molecule has 0 fully saturated rings. The van der Waals surface area contributed by atoms with Crippen LogP contribution in [0.1, 0.15) is 37.2 Å². The molecule has 1 aliphatic heterocycles. The number of fused-ring (bicyclic) bond motifs is 1. The first-order valence-corrected chi connectivity index (χ1v) is 5.72. The van der Waals surface area contributed by atoms with Crippen molar-refractivity contribution in [3.05, 3.63) is 11.8 Å². The molecule has 0 saturated heterocycles. The van der Waals surface area contributed by atoms with Gasteiger partial charge in [-0.05, 0) is 13.3 Å². The Morgan fingerprint density at radius 2 is 2.56 bits per heavy atom. The summed E-state index contributed by atoms with van der Waals surface area (Å²) in [6, 6.07) is 1.89. The third-order valence-electron chi connectivity index (χ3n) is 2.63. The topological polar surface area (TPSA) is 56.2 Å². The number of amides is 1. The molecule has 0 spiro atoms. The molecule has 5 heteroatoms. The lowest BCUT2D eigenvalue weighted by Crippen LogP contribution is -2.32. The SMILES string of the molecule is CCCC(C)NC(=O)c1cc2n(n1)CCO2. The Morgan fingerprint density at radius 1 is 1.75 bits per heavy atom. The average molecular weight is 223 g/mol. The fraction of sp³-hybridized carbons (Fsp3) is 0.636. The molecule has 1 aromatic heterocycles. The predicted octanol–water partition coefficient (Wildman–Crippen LogP) is 1.19. The molecule has 16 heavy (non-hydrogen) atoms. The molecular weight excluding hydrogens is 206 g/mol. The van der Waals surface area contributed by atoms with Gasteiger partial charge in [0.25, 0.3) is 5.91 Å². The smallest absolute Gasteiger partial charge is 0.272 e. The fourth-order valence-corrected chi connectivity index (χ4v) is 1.83. The van der Waals surface area contributed by atoms with E-state index >= 15 is 0 Å². The van der Waals surface area contributed by atoms with Crippen LogP contribution >= 0.6 is 0 Å². The van der Waals surface area contributed by atoms with Crippen LogP contribution in [0.25, 0.3) is 0 Å². The summed E-state index contributed by atoms with van der Waals surface area (Å²) in [5.41, 5.74) is 0.442. The van der Waals surface area contributed by atoms with Crippen LogP contribution in [0.15, 0.2) is 6.07 Å². The number of rotatable bonds is 4. The zero-order chi connectivity index (χ0) is 11.5. The van der Waals surface area contributed by atoms with Gasteiger partial charge in [-0.3, -0.25) is 4.79 Å². The highest BCUT2D eigenvalue weighted by Gasteiger charge is 2.19. The third-order valence-corrected chi connectivity index (χ3v) is 2.63. The number of nitrogens with zero attached hydrogens (tertiary/aromatic N) is 2. The Kier molecular flexibility index (Phi) is 3.12. The van der Waals surface area contributed by atoms with E-state index in [1.807, 2.05) is 6.92 Å². The van der Waals surface area contributed by atoms with Gasteiger partial charge in [-0.25, -0.2) is 4.68 Å². The number of hydrogen-bond donors (Lipinski definition) is 1. The predicted molar refractivity (Wildman–Crippen MR) is 59.6 cm³/mol. The van der Waals surface area contributed by atoms with Crippen LogP contribution in [0.2, 0.25) is 0 Å². The van der Waals surface area contributed by atoms with Crippen LogP contribution < -0.4 is 10.1 Å². The number of carbonyl (C=O) groups excluding carboxylic acids is 1. The largest absolute Gasteiger partial charge is 0.476 e. The Morgan fingerprint density at radius 3 is 3.25 bits per heavy atom. The minimum absolute atomic E-state index is 0.119. The molecular formula is C11H17N3O2. The molecule has 1 atom stereocenters. The van der Waals surface area contributed by atoms with Crippen molar-refractivity contribution < 1.29 is 9.53 Å². The van der Waals surface area contributed by atoms with E-state index < -0.39 is 0 Å². The van der Waals surface area contributed by atoms with E-state index in [2.05, 4.69) is 17.3 Å². The molecule has 0 bridgehead atoms. The third kappa shape index (κ3) is 2.18. The van der Waals surface area contributed by atoms with E-state index in [-0.39, 0.29) is 11.9 Å². The summed E-state index contributed by atoms with van der Waals surface area (Å²) in [4.78, 5) is 11.8. The standard InChI is InChI=1S/C11H17N3O2/c1-3-4-8(2)12-11(15)9-7-10-14(13-9)5-6-16-10/h7-8H,3-6H2,1-2H3,(H,12,15). The first-order valence-electron chi connectivity index (χ1n) is 5.72. The molecule has 1 unspecified atom stereocenters. The van der Waals surface area contributed by atoms with Gasteiger partial charge in [0.15, 0.2) is 5.69 Å². The highest BCUT2D eigenvalue weighted by Crippen LogP contribution is 2.18. The van der Waals surface area contributed by atoms with Crippen LogP contribution in [-0.4, -0.2) is 28.3 Å². The number of aromatic nitrogens is 2. The zero-order valence-corrected chi connectivity index (χ0v) is 9.69. The quantitative estimate of drug-likeness (QED) is 0.834. The molecule has 0 aromatic carbocycles. The lowest BCUT2D eigenvalue weighted by atomic mass is 10.2. The molecule has 0 radical (unpaired) electrons. The van der Waals surface area contributed by atoms with E-state index in [0.717, 1.165) is 19.4 Å². The van der Waals surface area contributed by atoms with Crippen LogP contribution in [0.4, 0.5) is 0 Å². The Balaban J connectivity index is 1.98. The van der Waals surface area contributed by atoms with Crippen molar-refractivity contribution in [3.8, 4) is 5.88 Å². The van der Waals surface area contributed by atoms with Gasteiger partial charge < -0.3 is 10.1 Å². The van der Waals surface area contributed by atoms with E-state index in [0.29, 0.717) is 18.2 Å². The summed E-state index contributed by atoms with van der Waals surface area (Å²) in [5, 5.41) is 7.10. The van der Waals surface area contributed by atoms with Crippen LogP contribution in [0.5, 0.6) is 5.88 Å². The molecule has 0 saturated carbocycles. The Labute approximate surface area is 94.8 Å². The summed E-state index contributed by atoms with van der Waals surface area (Å²) in [7, 11) is 0. The van der Waals surface area contributed by atoms with Crippen molar-refractivity contribution in [1.29, 1.82) is 0 Å². The van der Waals surface area contributed by atoms with Crippen molar-refractivity contribution in [1.82, 2.24) is 15.1 Å². The Bertz CT molecular complexity index is 365. The van der Waals surface area contributed by atoms with Crippen molar-refractivity contribution in [2.45, 2.75) is 39.3 Å². The summed E-state index contributed by atoms with van der Waals surface area (Å²) in [5.74, 6) is 0.569. The van der Waals surface area contributed by atoms with Gasteiger partial charge in [0.05, 0.1) is 6.54 Å². The number of carbonyl (C=O) groups is 1. The van der Waals surface area contributed by atoms with Crippen molar-refractivity contribution in [2.75, 3.05) is 6.61 Å². The summed E-state index contributed by atoms with van der Waals surface area (Å²) in [6.07, 6.45) is 2.04. The second kappa shape index (κ2) is 4.55. The maximum atomic E-state index is 11.8. The van der Waals surface area contributed by atoms with Gasteiger partial charge in [0.1, 0.15) is 6.61 Å². The molecule has 1 aliphatic rings. The summed E-state index contributed by atoms with van der Waals surface area (Å²) < 4.78 is 7.02. The van der Waals surface area contributed by atoms with Gasteiger partial charge in [-0.2, -0.15) is 5.10 Å². The molecule has 1 amide bonds. The molecule has 1 aromatic rings. The maximum absolute atomic E-state index is 11.8. The first kappa shape index (κ1) is 11.0. The van der Waals surface area contributed by atoms with Gasteiger partial charge in [0, 0.05) is 12.1 Å². The minimum atomic E-state index is -0.119. The minimum Gasteiger partial charge on any atom is -0.476 e.